The lowest BCUT2D eigenvalue weighted by Gasteiger charge is -2.39. The standard InChI is InChI=1S/C13H16N2O3/c1-13(9-4-5-9)12(17)15(8-11(16)14-13)7-10-3-2-6-18-10/h2-3,6,9H,4-5,7-8H2,1H3,(H,14,16). The van der Waals surface area contributed by atoms with Crippen LogP contribution in [0.1, 0.15) is 25.5 Å². The summed E-state index contributed by atoms with van der Waals surface area (Å²) >= 11 is 0. The number of piperazine rings is 1. The summed E-state index contributed by atoms with van der Waals surface area (Å²) in [5.41, 5.74) is -0.720. The van der Waals surface area contributed by atoms with Crippen molar-refractivity contribution >= 4 is 11.8 Å². The van der Waals surface area contributed by atoms with E-state index in [1.807, 2.05) is 13.0 Å². The molecule has 1 aromatic rings. The topological polar surface area (TPSA) is 62.6 Å². The van der Waals surface area contributed by atoms with Crippen LogP contribution in [-0.2, 0) is 16.1 Å². The highest BCUT2D eigenvalue weighted by molar-refractivity contribution is 5.98. The van der Waals surface area contributed by atoms with Crippen LogP contribution < -0.4 is 5.32 Å². The molecule has 3 rings (SSSR count). The van der Waals surface area contributed by atoms with Gasteiger partial charge in [-0.05, 0) is 37.8 Å². The molecule has 2 heterocycles. The van der Waals surface area contributed by atoms with E-state index in [4.69, 9.17) is 4.42 Å². The lowest BCUT2D eigenvalue weighted by atomic mass is 9.91. The van der Waals surface area contributed by atoms with Gasteiger partial charge in [0.25, 0.3) is 0 Å². The first-order chi connectivity index (χ1) is 8.59. The Balaban J connectivity index is 1.81. The molecule has 1 saturated heterocycles. The van der Waals surface area contributed by atoms with Crippen LogP contribution in [0.3, 0.4) is 0 Å². The maximum atomic E-state index is 12.5. The number of nitrogens with zero attached hydrogens (tertiary/aromatic N) is 1. The fourth-order valence-corrected chi connectivity index (χ4v) is 2.61. The molecule has 2 amide bonds. The Labute approximate surface area is 105 Å². The maximum absolute atomic E-state index is 12.5. The molecule has 0 radical (unpaired) electrons. The van der Waals surface area contributed by atoms with E-state index in [2.05, 4.69) is 5.32 Å². The average molecular weight is 248 g/mol. The van der Waals surface area contributed by atoms with E-state index in [1.54, 1.807) is 17.2 Å². The first kappa shape index (κ1) is 11.3. The van der Waals surface area contributed by atoms with E-state index in [9.17, 15) is 9.59 Å². The van der Waals surface area contributed by atoms with E-state index >= 15 is 0 Å². The van der Waals surface area contributed by atoms with Crippen molar-refractivity contribution in [1.82, 2.24) is 10.2 Å². The van der Waals surface area contributed by atoms with E-state index < -0.39 is 5.54 Å². The molecule has 1 aliphatic carbocycles. The van der Waals surface area contributed by atoms with Gasteiger partial charge < -0.3 is 14.6 Å². The predicted octanol–water partition coefficient (Wildman–Crippen LogP) is 0.907. The van der Waals surface area contributed by atoms with Crippen LogP contribution in [0, 0.1) is 5.92 Å². The summed E-state index contributed by atoms with van der Waals surface area (Å²) in [6.45, 7) is 2.31. The Morgan fingerprint density at radius 3 is 2.89 bits per heavy atom. The van der Waals surface area contributed by atoms with Gasteiger partial charge in [-0.3, -0.25) is 9.59 Å². The molecular formula is C13H16N2O3. The summed E-state index contributed by atoms with van der Waals surface area (Å²) in [4.78, 5) is 25.8. The van der Waals surface area contributed by atoms with Crippen LogP contribution in [-0.4, -0.2) is 28.8 Å². The Morgan fingerprint density at radius 2 is 2.28 bits per heavy atom. The van der Waals surface area contributed by atoms with E-state index in [0.717, 1.165) is 12.8 Å². The lowest BCUT2D eigenvalue weighted by molar-refractivity contribution is -0.151. The molecule has 1 unspecified atom stereocenters. The van der Waals surface area contributed by atoms with Crippen molar-refractivity contribution in [3.63, 3.8) is 0 Å². The molecule has 0 spiro atoms. The lowest BCUT2D eigenvalue weighted by Crippen LogP contribution is -2.66. The number of nitrogens with one attached hydrogen (secondary N) is 1. The number of amides is 2. The SMILES string of the molecule is CC1(C2CC2)NC(=O)CN(Cc2ccco2)C1=O. The number of rotatable bonds is 3. The highest BCUT2D eigenvalue weighted by Gasteiger charge is 2.52. The minimum atomic E-state index is -0.720. The van der Waals surface area contributed by atoms with Crippen LogP contribution in [0.5, 0.6) is 0 Å². The largest absolute Gasteiger partial charge is 0.467 e. The zero-order valence-electron chi connectivity index (χ0n) is 10.3. The number of hydrogen-bond donors (Lipinski definition) is 1. The molecule has 5 heteroatoms. The zero-order chi connectivity index (χ0) is 12.8. The summed E-state index contributed by atoms with van der Waals surface area (Å²) in [7, 11) is 0. The Morgan fingerprint density at radius 1 is 1.50 bits per heavy atom. The second kappa shape index (κ2) is 3.86. The Hall–Kier alpha value is -1.78. The summed E-state index contributed by atoms with van der Waals surface area (Å²) < 4.78 is 5.24. The first-order valence-corrected chi connectivity index (χ1v) is 6.22. The molecule has 1 saturated carbocycles. The first-order valence-electron chi connectivity index (χ1n) is 6.22. The molecule has 1 aliphatic heterocycles. The molecule has 5 nitrogen and oxygen atoms in total. The van der Waals surface area contributed by atoms with Gasteiger partial charge >= 0.3 is 0 Å². The van der Waals surface area contributed by atoms with Gasteiger partial charge in [0.1, 0.15) is 17.8 Å². The monoisotopic (exact) mass is 248 g/mol. The fourth-order valence-electron chi connectivity index (χ4n) is 2.61. The van der Waals surface area contributed by atoms with Crippen molar-refractivity contribution in [3.8, 4) is 0 Å². The van der Waals surface area contributed by atoms with E-state index in [1.165, 1.54) is 0 Å². The molecule has 1 N–H and O–H groups in total. The van der Waals surface area contributed by atoms with Gasteiger partial charge in [0, 0.05) is 0 Å². The summed E-state index contributed by atoms with van der Waals surface area (Å²) in [6, 6.07) is 3.60. The molecule has 1 atom stereocenters. The highest BCUT2D eigenvalue weighted by Crippen LogP contribution is 2.41. The van der Waals surface area contributed by atoms with Gasteiger partial charge in [-0.25, -0.2) is 0 Å². The molecule has 18 heavy (non-hydrogen) atoms. The molecule has 0 bridgehead atoms. The summed E-state index contributed by atoms with van der Waals surface area (Å²) in [6.07, 6.45) is 3.60. The van der Waals surface area contributed by atoms with Gasteiger partial charge in [-0.1, -0.05) is 0 Å². The molecular weight excluding hydrogens is 232 g/mol. The zero-order valence-corrected chi connectivity index (χ0v) is 10.3. The second-order valence-corrected chi connectivity index (χ2v) is 5.27. The number of furan rings is 1. The summed E-state index contributed by atoms with van der Waals surface area (Å²) in [5.74, 6) is 0.904. The van der Waals surface area contributed by atoms with Crippen LogP contribution in [0.15, 0.2) is 22.8 Å². The molecule has 0 aromatic carbocycles. The third-order valence-corrected chi connectivity index (χ3v) is 3.79. The van der Waals surface area contributed by atoms with Crippen molar-refractivity contribution in [2.75, 3.05) is 6.54 Å². The van der Waals surface area contributed by atoms with E-state index in [0.29, 0.717) is 12.3 Å². The minimum Gasteiger partial charge on any atom is -0.467 e. The van der Waals surface area contributed by atoms with Crippen LogP contribution in [0.4, 0.5) is 0 Å². The Bertz CT molecular complexity index is 478. The third kappa shape index (κ3) is 1.79. The number of carbonyl (C=O) groups excluding carboxylic acids is 2. The maximum Gasteiger partial charge on any atom is 0.249 e. The number of hydrogen-bond acceptors (Lipinski definition) is 3. The quantitative estimate of drug-likeness (QED) is 0.864. The van der Waals surface area contributed by atoms with Gasteiger partial charge in [-0.2, -0.15) is 0 Å². The van der Waals surface area contributed by atoms with Crippen molar-refractivity contribution in [3.05, 3.63) is 24.2 Å². The van der Waals surface area contributed by atoms with Gasteiger partial charge in [-0.15, -0.1) is 0 Å². The average Bonchev–Trinajstić information content (AvgIpc) is 3.06. The van der Waals surface area contributed by atoms with Gasteiger partial charge in [0.2, 0.25) is 11.8 Å². The fraction of sp³-hybridized carbons (Fsp3) is 0.538. The smallest absolute Gasteiger partial charge is 0.249 e. The van der Waals surface area contributed by atoms with E-state index in [-0.39, 0.29) is 24.3 Å². The van der Waals surface area contributed by atoms with Crippen LogP contribution >= 0.6 is 0 Å². The molecule has 1 aromatic heterocycles. The van der Waals surface area contributed by atoms with Crippen molar-refractivity contribution in [2.24, 2.45) is 5.92 Å². The van der Waals surface area contributed by atoms with Crippen molar-refractivity contribution < 1.29 is 14.0 Å². The van der Waals surface area contributed by atoms with Crippen molar-refractivity contribution in [1.29, 1.82) is 0 Å². The molecule has 2 aliphatic rings. The van der Waals surface area contributed by atoms with Gasteiger partial charge in [0.05, 0.1) is 12.8 Å². The molecule has 2 fully saturated rings. The minimum absolute atomic E-state index is 0.000926. The Kier molecular flexibility index (Phi) is 2.43. The highest BCUT2D eigenvalue weighted by atomic mass is 16.3. The van der Waals surface area contributed by atoms with Crippen LogP contribution in [0.25, 0.3) is 0 Å². The predicted molar refractivity (Wildman–Crippen MR) is 63.4 cm³/mol. The summed E-state index contributed by atoms with van der Waals surface area (Å²) in [5, 5.41) is 2.85. The normalized spacial score (nSPS) is 28.4. The number of carbonyl (C=O) groups is 2. The van der Waals surface area contributed by atoms with Gasteiger partial charge in [0.15, 0.2) is 0 Å². The van der Waals surface area contributed by atoms with Crippen molar-refractivity contribution in [2.45, 2.75) is 31.8 Å². The molecule has 96 valence electrons. The third-order valence-electron chi connectivity index (χ3n) is 3.79. The van der Waals surface area contributed by atoms with Crippen LogP contribution in [0.2, 0.25) is 0 Å². The second-order valence-electron chi connectivity index (χ2n) is 5.27.